The van der Waals surface area contributed by atoms with Crippen molar-refractivity contribution in [3.63, 3.8) is 0 Å². The van der Waals surface area contributed by atoms with Crippen LogP contribution in [0.4, 0.5) is 13.2 Å². The predicted octanol–water partition coefficient (Wildman–Crippen LogP) is 4.78. The molecule has 0 spiro atoms. The van der Waals surface area contributed by atoms with Gasteiger partial charge in [-0.1, -0.05) is 23.8 Å². The molecule has 0 amide bonds. The number of halogens is 3. The third-order valence-electron chi connectivity index (χ3n) is 3.31. The van der Waals surface area contributed by atoms with Crippen LogP contribution in [0.5, 0.6) is 0 Å². The molecule has 0 heterocycles. The lowest BCUT2D eigenvalue weighted by molar-refractivity contribution is -0.137. The van der Waals surface area contributed by atoms with Gasteiger partial charge in [0.1, 0.15) is 0 Å². The van der Waals surface area contributed by atoms with Gasteiger partial charge in [-0.2, -0.15) is 13.2 Å². The van der Waals surface area contributed by atoms with Crippen LogP contribution in [0.1, 0.15) is 48.0 Å². The quantitative estimate of drug-likeness (QED) is 0.569. The Kier molecular flexibility index (Phi) is 4.08. The third kappa shape index (κ3) is 3.69. The number of allylic oxidation sites excluding steroid dienone is 2. The molecular formula is C15H15F3O. The zero-order chi connectivity index (χ0) is 13.9. The highest BCUT2D eigenvalue weighted by Crippen LogP contribution is 2.29. The van der Waals surface area contributed by atoms with Crippen molar-refractivity contribution in [2.24, 2.45) is 0 Å². The Morgan fingerprint density at radius 3 is 2.32 bits per heavy atom. The van der Waals surface area contributed by atoms with E-state index in [9.17, 15) is 18.0 Å². The maximum absolute atomic E-state index is 12.4. The van der Waals surface area contributed by atoms with Gasteiger partial charge >= 0.3 is 6.18 Å². The van der Waals surface area contributed by atoms with E-state index in [0.717, 1.165) is 43.4 Å². The molecule has 0 aromatic heterocycles. The highest BCUT2D eigenvalue weighted by atomic mass is 19.4. The third-order valence-corrected chi connectivity index (χ3v) is 3.31. The summed E-state index contributed by atoms with van der Waals surface area (Å²) >= 11 is 0. The molecular weight excluding hydrogens is 253 g/mol. The second-order valence-corrected chi connectivity index (χ2v) is 4.78. The summed E-state index contributed by atoms with van der Waals surface area (Å²) in [5.41, 5.74) is 0.733. The predicted molar refractivity (Wildman–Crippen MR) is 66.9 cm³/mol. The molecule has 19 heavy (non-hydrogen) atoms. The molecule has 1 aliphatic carbocycles. The van der Waals surface area contributed by atoms with E-state index in [1.165, 1.54) is 12.1 Å². The van der Waals surface area contributed by atoms with Gasteiger partial charge in [0, 0.05) is 12.0 Å². The molecule has 1 aliphatic rings. The summed E-state index contributed by atoms with van der Waals surface area (Å²) in [6, 6.07) is 4.44. The Bertz CT molecular complexity index is 483. The normalized spacial score (nSPS) is 16.1. The maximum atomic E-state index is 12.4. The highest BCUT2D eigenvalue weighted by molar-refractivity contribution is 5.97. The molecule has 0 radical (unpaired) electrons. The zero-order valence-corrected chi connectivity index (χ0v) is 10.5. The van der Waals surface area contributed by atoms with Crippen molar-refractivity contribution in [3.8, 4) is 0 Å². The van der Waals surface area contributed by atoms with Crippen LogP contribution >= 0.6 is 0 Å². The van der Waals surface area contributed by atoms with E-state index in [-0.39, 0.29) is 5.78 Å². The number of hydrogen-bond donors (Lipinski definition) is 0. The maximum Gasteiger partial charge on any atom is 0.416 e. The van der Waals surface area contributed by atoms with Crippen molar-refractivity contribution in [2.75, 3.05) is 0 Å². The topological polar surface area (TPSA) is 17.1 Å². The minimum atomic E-state index is -4.35. The number of alkyl halides is 3. The van der Waals surface area contributed by atoms with Crippen LogP contribution in [0, 0.1) is 0 Å². The van der Waals surface area contributed by atoms with Crippen LogP contribution < -0.4 is 0 Å². The number of rotatable bonds is 3. The van der Waals surface area contributed by atoms with Crippen molar-refractivity contribution in [3.05, 3.63) is 47.0 Å². The van der Waals surface area contributed by atoms with Gasteiger partial charge in [-0.05, 0) is 37.8 Å². The first-order valence-corrected chi connectivity index (χ1v) is 6.35. The van der Waals surface area contributed by atoms with Crippen LogP contribution in [-0.4, -0.2) is 5.78 Å². The first kappa shape index (κ1) is 13.8. The van der Waals surface area contributed by atoms with Crippen molar-refractivity contribution in [1.82, 2.24) is 0 Å². The number of ketones is 1. The Labute approximate surface area is 110 Å². The minimum Gasteiger partial charge on any atom is -0.294 e. The molecule has 1 aromatic carbocycles. The molecule has 4 heteroatoms. The van der Waals surface area contributed by atoms with Gasteiger partial charge in [0.2, 0.25) is 0 Å². The lowest BCUT2D eigenvalue weighted by atomic mass is 9.93. The number of Topliss-reactive ketones (excluding diaryl/α,β-unsaturated/α-hetero) is 1. The zero-order valence-electron chi connectivity index (χ0n) is 10.5. The minimum absolute atomic E-state index is 0.109. The second kappa shape index (κ2) is 5.59. The molecule has 2 rings (SSSR count). The Morgan fingerprint density at radius 1 is 1.11 bits per heavy atom. The molecule has 0 unspecified atom stereocenters. The van der Waals surface area contributed by atoms with Crippen LogP contribution in [0.2, 0.25) is 0 Å². The Hall–Kier alpha value is -1.58. The van der Waals surface area contributed by atoms with Gasteiger partial charge in [0.25, 0.3) is 0 Å². The van der Waals surface area contributed by atoms with E-state index in [1.54, 1.807) is 0 Å². The van der Waals surface area contributed by atoms with Crippen molar-refractivity contribution in [2.45, 2.75) is 38.3 Å². The van der Waals surface area contributed by atoms with Gasteiger partial charge in [-0.25, -0.2) is 0 Å². The monoisotopic (exact) mass is 268 g/mol. The molecule has 0 N–H and O–H groups in total. The molecule has 1 nitrogen and oxygen atoms in total. The molecule has 0 aliphatic heterocycles. The fourth-order valence-electron chi connectivity index (χ4n) is 2.22. The van der Waals surface area contributed by atoms with Crippen molar-refractivity contribution >= 4 is 5.78 Å². The van der Waals surface area contributed by atoms with Gasteiger partial charge in [0.05, 0.1) is 5.56 Å². The largest absolute Gasteiger partial charge is 0.416 e. The van der Waals surface area contributed by atoms with E-state index < -0.39 is 11.7 Å². The lowest BCUT2D eigenvalue weighted by Gasteiger charge is -2.12. The van der Waals surface area contributed by atoms with E-state index >= 15 is 0 Å². The SMILES string of the molecule is O=C(CC1=CCCCC1)c1ccc(C(F)(F)F)cc1. The van der Waals surface area contributed by atoms with Gasteiger partial charge < -0.3 is 0 Å². The van der Waals surface area contributed by atoms with Gasteiger partial charge in [-0.15, -0.1) is 0 Å². The van der Waals surface area contributed by atoms with Crippen molar-refractivity contribution in [1.29, 1.82) is 0 Å². The average Bonchev–Trinajstić information content (AvgIpc) is 2.39. The summed E-state index contributed by atoms with van der Waals surface area (Å²) in [6.07, 6.45) is 2.20. The molecule has 0 atom stereocenters. The second-order valence-electron chi connectivity index (χ2n) is 4.78. The van der Waals surface area contributed by atoms with Gasteiger partial charge in [0.15, 0.2) is 5.78 Å². The number of carbonyl (C=O) groups is 1. The van der Waals surface area contributed by atoms with E-state index in [1.807, 2.05) is 0 Å². The van der Waals surface area contributed by atoms with Crippen molar-refractivity contribution < 1.29 is 18.0 Å². The molecule has 1 aromatic rings. The number of carbonyl (C=O) groups excluding carboxylic acids is 1. The number of benzene rings is 1. The average molecular weight is 268 g/mol. The van der Waals surface area contributed by atoms with E-state index in [4.69, 9.17) is 0 Å². The van der Waals surface area contributed by atoms with Gasteiger partial charge in [-0.3, -0.25) is 4.79 Å². The number of hydrogen-bond acceptors (Lipinski definition) is 1. The molecule has 0 saturated heterocycles. The fourth-order valence-corrected chi connectivity index (χ4v) is 2.22. The first-order valence-electron chi connectivity index (χ1n) is 6.35. The Balaban J connectivity index is 2.05. The summed E-state index contributed by atoms with van der Waals surface area (Å²) in [5, 5.41) is 0. The molecule has 0 saturated carbocycles. The molecule has 0 bridgehead atoms. The van der Waals surface area contributed by atoms with Crippen LogP contribution in [0.3, 0.4) is 0 Å². The molecule has 102 valence electrons. The Morgan fingerprint density at radius 2 is 1.79 bits per heavy atom. The lowest BCUT2D eigenvalue weighted by Crippen LogP contribution is -2.07. The fraction of sp³-hybridized carbons (Fsp3) is 0.400. The summed E-state index contributed by atoms with van der Waals surface area (Å²) in [4.78, 5) is 12.0. The molecule has 0 fully saturated rings. The van der Waals surface area contributed by atoms with Crippen LogP contribution in [0.15, 0.2) is 35.9 Å². The summed E-state index contributed by atoms with van der Waals surface area (Å²) in [7, 11) is 0. The standard InChI is InChI=1S/C15H15F3O/c16-15(17,18)13-8-6-12(7-9-13)14(19)10-11-4-2-1-3-5-11/h4,6-9H,1-3,5,10H2. The summed E-state index contributed by atoms with van der Waals surface area (Å²) < 4.78 is 37.2. The van der Waals surface area contributed by atoms with Crippen LogP contribution in [-0.2, 0) is 6.18 Å². The first-order chi connectivity index (χ1) is 8.97. The smallest absolute Gasteiger partial charge is 0.294 e. The van der Waals surface area contributed by atoms with E-state index in [2.05, 4.69) is 6.08 Å². The van der Waals surface area contributed by atoms with Crippen LogP contribution in [0.25, 0.3) is 0 Å². The van der Waals surface area contributed by atoms with E-state index in [0.29, 0.717) is 12.0 Å². The summed E-state index contributed by atoms with van der Waals surface area (Å²) in [5.74, 6) is -0.109. The summed E-state index contributed by atoms with van der Waals surface area (Å²) in [6.45, 7) is 0. The highest BCUT2D eigenvalue weighted by Gasteiger charge is 2.30.